The van der Waals surface area contributed by atoms with Crippen molar-refractivity contribution in [3.63, 3.8) is 0 Å². The van der Waals surface area contributed by atoms with Crippen LogP contribution in [0.3, 0.4) is 0 Å². The molecule has 0 fully saturated rings. The third kappa shape index (κ3) is 6.05. The zero-order valence-corrected chi connectivity index (χ0v) is 19.0. The molecule has 0 bridgehead atoms. The van der Waals surface area contributed by atoms with Crippen molar-refractivity contribution in [1.82, 2.24) is 4.57 Å². The fraction of sp³-hybridized carbons (Fsp3) is 0.292. The number of para-hydroxylation sites is 1. The molecule has 2 N–H and O–H groups in total. The van der Waals surface area contributed by atoms with Gasteiger partial charge >= 0.3 is 29.6 Å². The quantitative estimate of drug-likeness (QED) is 0.495. The maximum Gasteiger partial charge on any atom is 1.00 e. The van der Waals surface area contributed by atoms with Crippen molar-refractivity contribution in [2.24, 2.45) is 0 Å². The summed E-state index contributed by atoms with van der Waals surface area (Å²) in [6.45, 7) is -5.89. The van der Waals surface area contributed by atoms with Crippen molar-refractivity contribution in [3.05, 3.63) is 66.1 Å². The maximum absolute atomic E-state index is 13.7. The number of fused-ring (bicyclic) bond motifs is 1. The van der Waals surface area contributed by atoms with Crippen molar-refractivity contribution in [2.45, 2.75) is 44.8 Å². The van der Waals surface area contributed by atoms with E-state index in [-0.39, 0.29) is 41.7 Å². The fourth-order valence-corrected chi connectivity index (χ4v) is 3.48. The van der Waals surface area contributed by atoms with Gasteiger partial charge in [-0.25, -0.2) is 4.39 Å². The molecule has 0 saturated heterocycles. The minimum Gasteiger partial charge on any atom is -0.550 e. The summed E-state index contributed by atoms with van der Waals surface area (Å²) in [5, 5.41) is 31.4. The van der Waals surface area contributed by atoms with Gasteiger partial charge in [0.1, 0.15) is 5.82 Å². The molecule has 158 valence electrons. The number of rotatable bonds is 8. The smallest absolute Gasteiger partial charge is 0.550 e. The van der Waals surface area contributed by atoms with Crippen molar-refractivity contribution < 1.29 is 62.3 Å². The normalized spacial score (nSPS) is 17.2. The second kappa shape index (κ2) is 11.1. The van der Waals surface area contributed by atoms with E-state index < -0.39 is 50.2 Å². The summed E-state index contributed by atoms with van der Waals surface area (Å²) in [7, 11) is 0. The topological polar surface area (TPSA) is 85.5 Å². The van der Waals surface area contributed by atoms with Crippen LogP contribution in [-0.4, -0.2) is 33.0 Å². The molecule has 3 rings (SSSR count). The van der Waals surface area contributed by atoms with Crippen LogP contribution in [0.25, 0.3) is 28.1 Å². The zero-order chi connectivity index (χ0) is 26.8. The Bertz CT molecular complexity index is 1240. The molecule has 0 radical (unpaired) electrons. The van der Waals surface area contributed by atoms with Gasteiger partial charge in [-0.1, -0.05) is 36.4 Å². The number of nitrogens with zero attached hydrogens (tertiary/aromatic N) is 1. The molecule has 5 nitrogen and oxygen atoms in total. The van der Waals surface area contributed by atoms with Gasteiger partial charge < -0.3 is 24.7 Å². The number of hydrogen-bond acceptors (Lipinski definition) is 4. The van der Waals surface area contributed by atoms with Crippen LogP contribution in [0.2, 0.25) is 0 Å². The van der Waals surface area contributed by atoms with Gasteiger partial charge in [-0.05, 0) is 43.5 Å². The van der Waals surface area contributed by atoms with Crippen molar-refractivity contribution in [2.75, 3.05) is 0 Å². The van der Waals surface area contributed by atoms with E-state index in [1.807, 2.05) is 0 Å². The number of hydrogen-bond donors (Lipinski definition) is 2. The van der Waals surface area contributed by atoms with Gasteiger partial charge in [-0.3, -0.25) is 0 Å². The molecule has 2 aromatic carbocycles. The summed E-state index contributed by atoms with van der Waals surface area (Å²) in [6.07, 6.45) is -1.23. The number of carbonyl (C=O) groups excluding carboxylic acids is 1. The van der Waals surface area contributed by atoms with Gasteiger partial charge in [-0.15, -0.1) is 0 Å². The van der Waals surface area contributed by atoms with Gasteiger partial charge in [0, 0.05) is 55.2 Å². The summed E-state index contributed by atoms with van der Waals surface area (Å²) in [4.78, 5) is 10.7. The van der Waals surface area contributed by atoms with Crippen LogP contribution >= 0.6 is 0 Å². The van der Waals surface area contributed by atoms with Gasteiger partial charge in [-0.2, -0.15) is 0 Å². The molecule has 0 saturated carbocycles. The number of benzene rings is 2. The van der Waals surface area contributed by atoms with Crippen LogP contribution < -0.4 is 34.7 Å². The Balaban J connectivity index is 0.00000481. The van der Waals surface area contributed by atoms with Crippen molar-refractivity contribution in [3.8, 4) is 11.1 Å². The third-order valence-corrected chi connectivity index (χ3v) is 4.73. The maximum atomic E-state index is 13.7. The molecule has 3 aromatic rings. The molecule has 0 unspecified atom stereocenters. The first kappa shape index (κ1) is 17.6. The van der Waals surface area contributed by atoms with E-state index in [9.17, 15) is 24.5 Å². The molecule has 0 aliphatic heterocycles. The van der Waals surface area contributed by atoms with E-state index in [1.165, 1.54) is 41.0 Å². The Hall–Kier alpha value is -1.96. The minimum atomic E-state index is -2.95. The predicted molar refractivity (Wildman–Crippen MR) is 113 cm³/mol. The molecule has 0 spiro atoms. The molecular weight excluding hydrogens is 408 g/mol. The Morgan fingerprint density at radius 3 is 2.52 bits per heavy atom. The molecular formula is C24H25FNNaO4. The number of aliphatic hydroxyl groups excluding tert-OH is 2. The van der Waals surface area contributed by atoms with Gasteiger partial charge in [0.25, 0.3) is 0 Å². The van der Waals surface area contributed by atoms with Crippen LogP contribution in [0.5, 0.6) is 0 Å². The van der Waals surface area contributed by atoms with Gasteiger partial charge in [0.2, 0.25) is 0 Å². The molecule has 31 heavy (non-hydrogen) atoms. The van der Waals surface area contributed by atoms with Crippen LogP contribution in [-0.2, 0) is 4.79 Å². The predicted octanol–water partition coefficient (Wildman–Crippen LogP) is 0.297. The Morgan fingerprint density at radius 1 is 1.19 bits per heavy atom. The van der Waals surface area contributed by atoms with E-state index in [1.54, 1.807) is 24.3 Å². The third-order valence-electron chi connectivity index (χ3n) is 4.73. The average molecular weight is 439 g/mol. The first-order valence-electron chi connectivity index (χ1n) is 12.3. The van der Waals surface area contributed by atoms with Crippen LogP contribution in [0.15, 0.2) is 54.6 Å². The number of carboxylic acids is 1. The second-order valence-electron chi connectivity index (χ2n) is 6.95. The standard InChI is InChI=1S/C24H26FNO4.Na/c1-15(2)26-21-6-4-3-5-20(21)24(16-7-9-17(25)10-8-16)22(26)12-11-18(27)13-19(28)14-23(29)30;/h3-12,15,18-19,27-28H,13-14H2,1-2H3,(H,29,30);/q;+1/p-1/b12-11+;/t18-,19-;/m0./s1/i1D3,2D3;. The van der Waals surface area contributed by atoms with E-state index in [4.69, 9.17) is 8.22 Å². The Labute approximate surface area is 211 Å². The number of carboxylic acid groups (broad SMARTS) is 1. The first-order valence-corrected chi connectivity index (χ1v) is 9.33. The monoisotopic (exact) mass is 439 g/mol. The number of aliphatic carboxylic acids is 1. The second-order valence-corrected chi connectivity index (χ2v) is 6.95. The Morgan fingerprint density at radius 2 is 1.87 bits per heavy atom. The summed E-state index contributed by atoms with van der Waals surface area (Å²) in [6, 6.07) is 9.99. The van der Waals surface area contributed by atoms with E-state index in [2.05, 4.69) is 0 Å². The number of aromatic nitrogens is 1. The Kier molecular flexibility index (Phi) is 6.28. The molecule has 0 aliphatic carbocycles. The summed E-state index contributed by atoms with van der Waals surface area (Å²) in [5.41, 5.74) is 1.34. The SMILES string of the molecule is [2H]C([2H])([2H])C(n1c(/C=C/[C@H](O)C[C@H](O)CC(=O)[O-])c(-c2ccc(F)cc2)c2ccccc21)C([2H])([2H])[2H].[Na+]. The van der Waals surface area contributed by atoms with Crippen molar-refractivity contribution >= 4 is 22.9 Å². The van der Waals surface area contributed by atoms with Crippen LogP contribution in [0.4, 0.5) is 4.39 Å². The molecule has 7 heteroatoms. The summed E-state index contributed by atoms with van der Waals surface area (Å²) < 4.78 is 62.9. The molecule has 0 amide bonds. The van der Waals surface area contributed by atoms with Gasteiger partial charge in [0.05, 0.1) is 12.2 Å². The van der Waals surface area contributed by atoms with Crippen molar-refractivity contribution in [1.29, 1.82) is 0 Å². The van der Waals surface area contributed by atoms with E-state index >= 15 is 0 Å². The minimum absolute atomic E-state index is 0. The van der Waals surface area contributed by atoms with Gasteiger partial charge in [0.15, 0.2) is 0 Å². The summed E-state index contributed by atoms with van der Waals surface area (Å²) >= 11 is 0. The molecule has 0 aliphatic rings. The fourth-order valence-electron chi connectivity index (χ4n) is 3.48. The van der Waals surface area contributed by atoms with Crippen LogP contribution in [0, 0.1) is 5.82 Å². The summed E-state index contributed by atoms with van der Waals surface area (Å²) in [5.74, 6) is -1.99. The first-order chi connectivity index (χ1) is 16.7. The molecule has 2 atom stereocenters. The molecule has 1 heterocycles. The number of aliphatic hydroxyl groups is 2. The zero-order valence-electron chi connectivity index (χ0n) is 23.0. The van der Waals surface area contributed by atoms with E-state index in [0.29, 0.717) is 22.0 Å². The van der Waals surface area contributed by atoms with Crippen LogP contribution in [0.1, 0.15) is 46.5 Å². The average Bonchev–Trinajstić information content (AvgIpc) is 3.04. The molecule has 1 aromatic heterocycles. The largest absolute Gasteiger partial charge is 1.00 e. The van der Waals surface area contributed by atoms with E-state index in [0.717, 1.165) is 0 Å². The number of halogens is 1. The number of carbonyl (C=O) groups is 1.